The minimum atomic E-state index is -3.91. The average Bonchev–Trinajstić information content (AvgIpc) is 3.16. The number of hydrogen-bond donors (Lipinski definition) is 1. The van der Waals surface area contributed by atoms with Crippen molar-refractivity contribution in [2.24, 2.45) is 0 Å². The predicted octanol–water partition coefficient (Wildman–Crippen LogP) is 1.82. The highest BCUT2D eigenvalue weighted by Crippen LogP contribution is 2.34. The van der Waals surface area contributed by atoms with Crippen LogP contribution in [0.4, 0.5) is 4.39 Å². The molecule has 1 atom stereocenters. The SMILES string of the molecule is O=C1CCC(N2Cc3c(cccc3S(=O)(=O)N3CCC(Oc4cccc(F)c4)CC3)C2=O)C(=O)N1. The van der Waals surface area contributed by atoms with Gasteiger partial charge in [0.2, 0.25) is 21.8 Å². The van der Waals surface area contributed by atoms with Gasteiger partial charge in [-0.2, -0.15) is 4.31 Å². The molecule has 1 N–H and O–H groups in total. The summed E-state index contributed by atoms with van der Waals surface area (Å²) in [5.74, 6) is -1.36. The van der Waals surface area contributed by atoms with Gasteiger partial charge in [-0.3, -0.25) is 19.7 Å². The van der Waals surface area contributed by atoms with Crippen molar-refractivity contribution in [1.82, 2.24) is 14.5 Å². The molecule has 5 rings (SSSR count). The molecule has 2 aromatic carbocycles. The number of nitrogens with zero attached hydrogens (tertiary/aromatic N) is 2. The fraction of sp³-hybridized carbons (Fsp3) is 0.375. The van der Waals surface area contributed by atoms with E-state index in [1.165, 1.54) is 33.5 Å². The lowest BCUT2D eigenvalue weighted by Crippen LogP contribution is -2.52. The highest BCUT2D eigenvalue weighted by Gasteiger charge is 2.42. The van der Waals surface area contributed by atoms with Crippen LogP contribution in [0.15, 0.2) is 47.4 Å². The van der Waals surface area contributed by atoms with E-state index in [1.54, 1.807) is 18.2 Å². The van der Waals surface area contributed by atoms with Gasteiger partial charge in [0.05, 0.1) is 4.90 Å². The van der Waals surface area contributed by atoms with Gasteiger partial charge in [0.1, 0.15) is 23.7 Å². The number of fused-ring (bicyclic) bond motifs is 1. The van der Waals surface area contributed by atoms with Gasteiger partial charge in [0.15, 0.2) is 0 Å². The fourth-order valence-corrected chi connectivity index (χ4v) is 6.57. The monoisotopic (exact) mass is 501 g/mol. The van der Waals surface area contributed by atoms with Gasteiger partial charge in [-0.15, -0.1) is 0 Å². The van der Waals surface area contributed by atoms with E-state index < -0.39 is 33.7 Å². The third kappa shape index (κ3) is 4.41. The molecule has 0 saturated carbocycles. The van der Waals surface area contributed by atoms with Crippen LogP contribution in [-0.2, 0) is 26.2 Å². The number of halogens is 1. The molecule has 184 valence electrons. The molecular formula is C24H24FN3O6S. The Morgan fingerprint density at radius 1 is 1.00 bits per heavy atom. The number of imide groups is 1. The van der Waals surface area contributed by atoms with Crippen LogP contribution in [-0.4, -0.2) is 60.6 Å². The Labute approximate surface area is 201 Å². The molecule has 3 aliphatic rings. The quantitative estimate of drug-likeness (QED) is 0.626. The Bertz CT molecular complexity index is 1310. The maximum Gasteiger partial charge on any atom is 0.255 e. The number of sulfonamides is 1. The van der Waals surface area contributed by atoms with Crippen LogP contribution in [0.3, 0.4) is 0 Å². The molecule has 3 aliphatic heterocycles. The second-order valence-corrected chi connectivity index (χ2v) is 10.8. The zero-order chi connectivity index (χ0) is 24.7. The summed E-state index contributed by atoms with van der Waals surface area (Å²) in [6.45, 7) is 0.419. The van der Waals surface area contributed by atoms with E-state index in [-0.39, 0.29) is 54.9 Å². The number of hydrogen-bond acceptors (Lipinski definition) is 6. The highest BCUT2D eigenvalue weighted by molar-refractivity contribution is 7.89. The van der Waals surface area contributed by atoms with Gasteiger partial charge in [-0.05, 0) is 43.5 Å². The molecule has 9 nitrogen and oxygen atoms in total. The largest absolute Gasteiger partial charge is 0.490 e. The van der Waals surface area contributed by atoms with E-state index in [2.05, 4.69) is 5.32 Å². The van der Waals surface area contributed by atoms with Gasteiger partial charge >= 0.3 is 0 Å². The van der Waals surface area contributed by atoms with Crippen molar-refractivity contribution >= 4 is 27.7 Å². The minimum Gasteiger partial charge on any atom is -0.490 e. The molecule has 11 heteroatoms. The fourth-order valence-electron chi connectivity index (χ4n) is 4.86. The van der Waals surface area contributed by atoms with Gasteiger partial charge in [-0.25, -0.2) is 12.8 Å². The first-order valence-electron chi connectivity index (χ1n) is 11.4. The zero-order valence-electron chi connectivity index (χ0n) is 18.8. The molecule has 2 aromatic rings. The molecular weight excluding hydrogens is 477 g/mol. The van der Waals surface area contributed by atoms with Crippen LogP contribution in [0.2, 0.25) is 0 Å². The Kier molecular flexibility index (Phi) is 6.06. The van der Waals surface area contributed by atoms with Crippen LogP contribution in [0.25, 0.3) is 0 Å². The number of carbonyl (C=O) groups excluding carboxylic acids is 3. The Balaban J connectivity index is 1.31. The summed E-state index contributed by atoms with van der Waals surface area (Å²) in [5, 5.41) is 2.24. The molecule has 35 heavy (non-hydrogen) atoms. The molecule has 0 spiro atoms. The summed E-state index contributed by atoms with van der Waals surface area (Å²) in [4.78, 5) is 38.2. The molecule has 2 saturated heterocycles. The molecule has 0 radical (unpaired) electrons. The minimum absolute atomic E-state index is 0.0189. The molecule has 0 bridgehead atoms. The Hall–Kier alpha value is -3.31. The van der Waals surface area contributed by atoms with Crippen LogP contribution >= 0.6 is 0 Å². The van der Waals surface area contributed by atoms with Gasteiger partial charge in [0, 0.05) is 43.2 Å². The summed E-state index contributed by atoms with van der Waals surface area (Å²) in [5.41, 5.74) is 0.612. The number of ether oxygens (including phenoxy) is 1. The second kappa shape index (κ2) is 9.04. The smallest absolute Gasteiger partial charge is 0.255 e. The van der Waals surface area contributed by atoms with Gasteiger partial charge in [-0.1, -0.05) is 12.1 Å². The summed E-state index contributed by atoms with van der Waals surface area (Å²) in [7, 11) is -3.91. The summed E-state index contributed by atoms with van der Waals surface area (Å²) >= 11 is 0. The van der Waals surface area contributed by atoms with E-state index in [4.69, 9.17) is 4.74 Å². The van der Waals surface area contributed by atoms with Crippen molar-refractivity contribution in [3.8, 4) is 5.75 Å². The number of rotatable bonds is 5. The molecule has 0 aromatic heterocycles. The zero-order valence-corrected chi connectivity index (χ0v) is 19.6. The highest BCUT2D eigenvalue weighted by atomic mass is 32.2. The van der Waals surface area contributed by atoms with Crippen LogP contribution < -0.4 is 10.1 Å². The maximum atomic E-state index is 13.5. The third-order valence-corrected chi connectivity index (χ3v) is 8.64. The van der Waals surface area contributed by atoms with E-state index in [0.717, 1.165) is 0 Å². The summed E-state index contributed by atoms with van der Waals surface area (Å²) in [6.07, 6.45) is 0.951. The summed E-state index contributed by atoms with van der Waals surface area (Å²) in [6, 6.07) is 9.57. The van der Waals surface area contributed by atoms with E-state index in [9.17, 15) is 27.2 Å². The topological polar surface area (TPSA) is 113 Å². The van der Waals surface area contributed by atoms with Gasteiger partial charge < -0.3 is 9.64 Å². The average molecular weight is 502 g/mol. The van der Waals surface area contributed by atoms with Crippen LogP contribution in [0, 0.1) is 5.82 Å². The van der Waals surface area contributed by atoms with E-state index in [1.807, 2.05) is 0 Å². The lowest BCUT2D eigenvalue weighted by molar-refractivity contribution is -0.136. The van der Waals surface area contributed by atoms with Crippen molar-refractivity contribution in [3.05, 3.63) is 59.4 Å². The van der Waals surface area contributed by atoms with E-state index >= 15 is 0 Å². The number of nitrogens with one attached hydrogen (secondary N) is 1. The third-order valence-electron chi connectivity index (χ3n) is 6.66. The number of piperidine rings is 2. The van der Waals surface area contributed by atoms with Gasteiger partial charge in [0.25, 0.3) is 5.91 Å². The summed E-state index contributed by atoms with van der Waals surface area (Å²) < 4.78 is 47.7. The predicted molar refractivity (Wildman–Crippen MR) is 121 cm³/mol. The number of carbonyl (C=O) groups is 3. The molecule has 2 fully saturated rings. The lowest BCUT2D eigenvalue weighted by Gasteiger charge is -2.32. The molecule has 3 heterocycles. The van der Waals surface area contributed by atoms with Crippen molar-refractivity contribution in [2.75, 3.05) is 13.1 Å². The van der Waals surface area contributed by atoms with Crippen molar-refractivity contribution in [2.45, 2.75) is 49.3 Å². The first-order chi connectivity index (χ1) is 16.7. The molecule has 3 amide bonds. The normalized spacial score (nSPS) is 21.7. The molecule has 1 unspecified atom stereocenters. The lowest BCUT2D eigenvalue weighted by atomic mass is 10.0. The van der Waals surface area contributed by atoms with Crippen molar-refractivity contribution in [3.63, 3.8) is 0 Å². The Morgan fingerprint density at radius 3 is 2.46 bits per heavy atom. The van der Waals surface area contributed by atoms with Crippen molar-refractivity contribution in [1.29, 1.82) is 0 Å². The Morgan fingerprint density at radius 2 is 1.74 bits per heavy atom. The van der Waals surface area contributed by atoms with Crippen LogP contribution in [0.5, 0.6) is 5.75 Å². The molecule has 0 aliphatic carbocycles. The first-order valence-corrected chi connectivity index (χ1v) is 12.9. The standard InChI is InChI=1S/C24H24FN3O6S/c25-15-3-1-4-17(13-15)34-16-9-11-27(12-10-16)35(32,33)21-6-2-5-18-19(21)14-28(24(18)31)20-7-8-22(29)26-23(20)30/h1-6,13,16,20H,7-12,14H2,(H,26,29,30). The van der Waals surface area contributed by atoms with Crippen LogP contribution in [0.1, 0.15) is 41.6 Å². The van der Waals surface area contributed by atoms with E-state index in [0.29, 0.717) is 24.2 Å². The maximum absolute atomic E-state index is 13.5. The second-order valence-electron chi connectivity index (χ2n) is 8.86. The number of amides is 3. The first kappa shape index (κ1) is 23.4. The number of benzene rings is 2. The van der Waals surface area contributed by atoms with Crippen molar-refractivity contribution < 1.29 is 31.9 Å².